The highest BCUT2D eigenvalue weighted by molar-refractivity contribution is 5.42. The molecule has 0 bridgehead atoms. The molecule has 0 aliphatic heterocycles. The van der Waals surface area contributed by atoms with Crippen molar-refractivity contribution in [2.45, 2.75) is 96.8 Å². The summed E-state index contributed by atoms with van der Waals surface area (Å²) in [6, 6.07) is 10.5. The van der Waals surface area contributed by atoms with Crippen molar-refractivity contribution >= 4 is 5.69 Å². The zero-order chi connectivity index (χ0) is 17.1. The van der Waals surface area contributed by atoms with Gasteiger partial charge < -0.3 is 5.32 Å². The molecule has 0 saturated carbocycles. The van der Waals surface area contributed by atoms with Crippen LogP contribution in [0, 0.1) is 6.42 Å². The quantitative estimate of drug-likeness (QED) is 0.287. The maximum Gasteiger partial charge on any atom is 0.0340 e. The topological polar surface area (TPSA) is 12.0 Å². The summed E-state index contributed by atoms with van der Waals surface area (Å²) in [6.07, 6.45) is 22.1. The van der Waals surface area contributed by atoms with Gasteiger partial charge >= 0.3 is 0 Å². The monoisotopic (exact) mass is 330 g/mol. The molecular formula is C23H40N. The molecule has 0 aliphatic carbocycles. The minimum Gasteiger partial charge on any atom is -0.385 e. The van der Waals surface area contributed by atoms with Crippen molar-refractivity contribution in [3.8, 4) is 0 Å². The Kier molecular flexibility index (Phi) is 14.8. The Balaban J connectivity index is 1.70. The maximum absolute atomic E-state index is 3.49. The average molecular weight is 331 g/mol. The second-order valence-corrected chi connectivity index (χ2v) is 7.09. The van der Waals surface area contributed by atoms with Crippen molar-refractivity contribution in [3.05, 3.63) is 36.8 Å². The molecule has 1 rings (SSSR count). The van der Waals surface area contributed by atoms with E-state index in [2.05, 4.69) is 49.0 Å². The van der Waals surface area contributed by atoms with Gasteiger partial charge in [0.25, 0.3) is 0 Å². The SMILES string of the molecule is C[CH]CCCCCCCCCCCCCCCNc1ccccc1. The van der Waals surface area contributed by atoms with E-state index in [1.807, 2.05) is 0 Å². The van der Waals surface area contributed by atoms with Gasteiger partial charge in [0.1, 0.15) is 0 Å². The Morgan fingerprint density at radius 2 is 1.08 bits per heavy atom. The van der Waals surface area contributed by atoms with Gasteiger partial charge in [-0.25, -0.2) is 0 Å². The summed E-state index contributed by atoms with van der Waals surface area (Å²) in [4.78, 5) is 0. The molecule has 0 saturated heterocycles. The van der Waals surface area contributed by atoms with Crippen LogP contribution in [-0.2, 0) is 0 Å². The van der Waals surface area contributed by atoms with Crippen LogP contribution in [0.4, 0.5) is 5.69 Å². The second-order valence-electron chi connectivity index (χ2n) is 7.09. The van der Waals surface area contributed by atoms with Gasteiger partial charge in [-0.1, -0.05) is 109 Å². The second kappa shape index (κ2) is 16.9. The van der Waals surface area contributed by atoms with Crippen LogP contribution in [0.3, 0.4) is 0 Å². The first-order chi connectivity index (χ1) is 11.9. The minimum absolute atomic E-state index is 1.11. The fourth-order valence-corrected chi connectivity index (χ4v) is 3.21. The van der Waals surface area contributed by atoms with Gasteiger partial charge in [0.15, 0.2) is 0 Å². The van der Waals surface area contributed by atoms with Gasteiger partial charge in [-0.2, -0.15) is 0 Å². The molecule has 1 nitrogen and oxygen atoms in total. The fourth-order valence-electron chi connectivity index (χ4n) is 3.21. The Labute approximate surface area is 151 Å². The maximum atomic E-state index is 3.49. The number of benzene rings is 1. The molecule has 1 aromatic carbocycles. The molecule has 1 N–H and O–H groups in total. The van der Waals surface area contributed by atoms with Crippen LogP contribution < -0.4 is 5.32 Å². The number of rotatable bonds is 17. The fraction of sp³-hybridized carbons (Fsp3) is 0.696. The van der Waals surface area contributed by atoms with Crippen molar-refractivity contribution < 1.29 is 0 Å². The molecule has 0 amide bonds. The normalized spacial score (nSPS) is 10.9. The standard InChI is InChI=1S/C23H40N/c1-2-3-4-5-6-7-8-9-10-11-12-13-14-15-19-22-24-23-20-17-16-18-21-23/h2,16-18,20-21,24H,3-15,19,22H2,1H3. The molecule has 0 unspecified atom stereocenters. The van der Waals surface area contributed by atoms with E-state index in [9.17, 15) is 0 Å². The Morgan fingerprint density at radius 3 is 1.58 bits per heavy atom. The van der Waals surface area contributed by atoms with E-state index >= 15 is 0 Å². The molecule has 0 fully saturated rings. The number of hydrogen-bond acceptors (Lipinski definition) is 1. The summed E-state index contributed by atoms with van der Waals surface area (Å²) in [5.41, 5.74) is 1.25. The molecule has 1 heteroatoms. The predicted octanol–water partition coefficient (Wildman–Crippen LogP) is 7.78. The molecule has 1 aromatic rings. The largest absolute Gasteiger partial charge is 0.385 e. The lowest BCUT2D eigenvalue weighted by molar-refractivity contribution is 0.538. The third-order valence-electron chi connectivity index (χ3n) is 4.77. The van der Waals surface area contributed by atoms with E-state index in [-0.39, 0.29) is 0 Å². The summed E-state index contributed by atoms with van der Waals surface area (Å²) in [5.74, 6) is 0. The first-order valence-corrected chi connectivity index (χ1v) is 10.5. The van der Waals surface area contributed by atoms with Crippen LogP contribution >= 0.6 is 0 Å². The summed E-state index contributed by atoms with van der Waals surface area (Å²) in [5, 5.41) is 3.49. The Morgan fingerprint density at radius 1 is 0.625 bits per heavy atom. The summed E-state index contributed by atoms with van der Waals surface area (Å²) in [6.45, 7) is 3.28. The van der Waals surface area contributed by atoms with Gasteiger partial charge in [-0.15, -0.1) is 0 Å². The zero-order valence-electron chi connectivity index (χ0n) is 16.1. The molecule has 137 valence electrons. The van der Waals surface area contributed by atoms with Crippen LogP contribution in [-0.4, -0.2) is 6.54 Å². The highest BCUT2D eigenvalue weighted by atomic mass is 14.9. The van der Waals surface area contributed by atoms with E-state index in [0.717, 1.165) is 6.54 Å². The van der Waals surface area contributed by atoms with Crippen molar-refractivity contribution in [1.29, 1.82) is 0 Å². The van der Waals surface area contributed by atoms with Crippen molar-refractivity contribution in [1.82, 2.24) is 0 Å². The van der Waals surface area contributed by atoms with Crippen LogP contribution in [0.1, 0.15) is 96.8 Å². The number of anilines is 1. The van der Waals surface area contributed by atoms with Crippen molar-refractivity contribution in [2.24, 2.45) is 0 Å². The van der Waals surface area contributed by atoms with Crippen LogP contribution in [0.2, 0.25) is 0 Å². The van der Waals surface area contributed by atoms with Crippen LogP contribution in [0.15, 0.2) is 30.3 Å². The minimum atomic E-state index is 1.11. The number of para-hydroxylation sites is 1. The van der Waals surface area contributed by atoms with Gasteiger partial charge in [0.2, 0.25) is 0 Å². The molecule has 0 aromatic heterocycles. The molecular weight excluding hydrogens is 290 g/mol. The van der Waals surface area contributed by atoms with E-state index in [4.69, 9.17) is 0 Å². The average Bonchev–Trinajstić information content (AvgIpc) is 2.62. The lowest BCUT2D eigenvalue weighted by Gasteiger charge is -2.06. The van der Waals surface area contributed by atoms with Gasteiger partial charge in [-0.05, 0) is 25.0 Å². The summed E-state index contributed by atoms with van der Waals surface area (Å²) in [7, 11) is 0. The van der Waals surface area contributed by atoms with Gasteiger partial charge in [0.05, 0.1) is 0 Å². The number of hydrogen-bond donors (Lipinski definition) is 1. The molecule has 0 aliphatic rings. The highest BCUT2D eigenvalue weighted by Crippen LogP contribution is 2.13. The number of unbranched alkanes of at least 4 members (excludes halogenated alkanes) is 14. The first-order valence-electron chi connectivity index (χ1n) is 10.5. The molecule has 0 atom stereocenters. The summed E-state index contributed by atoms with van der Waals surface area (Å²) >= 11 is 0. The van der Waals surface area contributed by atoms with E-state index in [1.54, 1.807) is 0 Å². The molecule has 24 heavy (non-hydrogen) atoms. The smallest absolute Gasteiger partial charge is 0.0340 e. The molecule has 1 radical (unpaired) electrons. The Hall–Kier alpha value is -0.980. The lowest BCUT2D eigenvalue weighted by Crippen LogP contribution is -2.00. The highest BCUT2D eigenvalue weighted by Gasteiger charge is 1.95. The van der Waals surface area contributed by atoms with E-state index in [0.29, 0.717) is 0 Å². The van der Waals surface area contributed by atoms with Gasteiger partial charge in [0, 0.05) is 12.2 Å². The zero-order valence-corrected chi connectivity index (χ0v) is 16.1. The van der Waals surface area contributed by atoms with Crippen molar-refractivity contribution in [2.75, 3.05) is 11.9 Å². The number of nitrogens with one attached hydrogen (secondary N) is 1. The Bertz CT molecular complexity index is 346. The third-order valence-corrected chi connectivity index (χ3v) is 4.77. The lowest BCUT2D eigenvalue weighted by atomic mass is 10.0. The third kappa shape index (κ3) is 13.5. The summed E-state index contributed by atoms with van der Waals surface area (Å²) < 4.78 is 0. The van der Waals surface area contributed by atoms with Gasteiger partial charge in [-0.3, -0.25) is 0 Å². The molecule has 0 heterocycles. The molecule has 0 spiro atoms. The van der Waals surface area contributed by atoms with Crippen LogP contribution in [0.5, 0.6) is 0 Å². The van der Waals surface area contributed by atoms with E-state index < -0.39 is 0 Å². The van der Waals surface area contributed by atoms with Crippen LogP contribution in [0.25, 0.3) is 0 Å². The first kappa shape index (κ1) is 21.1. The predicted molar refractivity (Wildman–Crippen MR) is 110 cm³/mol. The van der Waals surface area contributed by atoms with Crippen molar-refractivity contribution in [3.63, 3.8) is 0 Å². The van der Waals surface area contributed by atoms with E-state index in [1.165, 1.54) is 95.6 Å².